The largest absolute Gasteiger partial charge is 0.372 e. The Hall–Kier alpha value is -3.67. The van der Waals surface area contributed by atoms with Crippen molar-refractivity contribution in [2.75, 3.05) is 23.3 Å². The van der Waals surface area contributed by atoms with Crippen molar-refractivity contribution in [3.05, 3.63) is 77.7 Å². The maximum absolute atomic E-state index is 13.1. The molecule has 0 atom stereocenters. The molecular formula is C27H29N5O. The van der Waals surface area contributed by atoms with E-state index in [4.69, 9.17) is 0 Å². The summed E-state index contributed by atoms with van der Waals surface area (Å²) >= 11 is 0. The first-order valence-corrected chi connectivity index (χ1v) is 11.6. The van der Waals surface area contributed by atoms with Crippen LogP contribution in [0.3, 0.4) is 0 Å². The van der Waals surface area contributed by atoms with Gasteiger partial charge in [0.25, 0.3) is 5.91 Å². The van der Waals surface area contributed by atoms with Crippen molar-refractivity contribution in [2.24, 2.45) is 5.92 Å². The number of carbonyl (C=O) groups excluding carboxylic acids is 1. The topological polar surface area (TPSA) is 62.5 Å². The average molecular weight is 440 g/mol. The predicted molar refractivity (Wildman–Crippen MR) is 133 cm³/mol. The van der Waals surface area contributed by atoms with Crippen LogP contribution in [0.1, 0.15) is 41.5 Å². The lowest BCUT2D eigenvalue weighted by atomic mass is 9.99. The highest BCUT2D eigenvalue weighted by atomic mass is 16.1. The molecule has 4 aromatic rings. The number of aryl methyl sites for hydroxylation is 2. The van der Waals surface area contributed by atoms with Crippen LogP contribution >= 0.6 is 0 Å². The van der Waals surface area contributed by atoms with Crippen LogP contribution in [0.25, 0.3) is 16.8 Å². The number of anilines is 2. The monoisotopic (exact) mass is 439 g/mol. The van der Waals surface area contributed by atoms with Gasteiger partial charge in [-0.15, -0.1) is 0 Å². The van der Waals surface area contributed by atoms with Crippen molar-refractivity contribution in [1.29, 1.82) is 0 Å². The third kappa shape index (κ3) is 4.09. The number of hydrogen-bond acceptors (Lipinski definition) is 4. The maximum Gasteiger partial charge on any atom is 0.259 e. The molecule has 3 heterocycles. The van der Waals surface area contributed by atoms with Crippen LogP contribution in [0, 0.1) is 19.8 Å². The Morgan fingerprint density at radius 2 is 1.70 bits per heavy atom. The molecule has 5 rings (SSSR count). The summed E-state index contributed by atoms with van der Waals surface area (Å²) in [4.78, 5) is 20.1. The number of fused-ring (bicyclic) bond motifs is 1. The van der Waals surface area contributed by atoms with E-state index in [0.29, 0.717) is 5.56 Å². The standard InChI is InChI=1S/C27H29N5O/c1-18-13-15-31(16-14-18)23-11-9-22(10-12-23)29-27(33)24-17-28-26-25(21-7-5-4-6-8-21)19(2)30-32(26)20(24)3/h4-12,17-18H,13-16H2,1-3H3,(H,29,33). The van der Waals surface area contributed by atoms with Crippen molar-refractivity contribution in [3.8, 4) is 11.1 Å². The molecule has 0 aliphatic carbocycles. The number of rotatable bonds is 4. The molecule has 0 spiro atoms. The lowest BCUT2D eigenvalue weighted by molar-refractivity contribution is 0.102. The fraction of sp³-hybridized carbons (Fsp3) is 0.296. The minimum absolute atomic E-state index is 0.184. The number of aromatic nitrogens is 3. The van der Waals surface area contributed by atoms with Gasteiger partial charge in [-0.25, -0.2) is 9.50 Å². The van der Waals surface area contributed by atoms with Gasteiger partial charge in [-0.05, 0) is 62.4 Å². The number of amides is 1. The molecule has 168 valence electrons. The minimum atomic E-state index is -0.184. The van der Waals surface area contributed by atoms with Crippen LogP contribution < -0.4 is 10.2 Å². The lowest BCUT2D eigenvalue weighted by Gasteiger charge is -2.32. The van der Waals surface area contributed by atoms with Gasteiger partial charge in [0.1, 0.15) is 0 Å². The Morgan fingerprint density at radius 3 is 2.39 bits per heavy atom. The van der Waals surface area contributed by atoms with Crippen molar-refractivity contribution in [2.45, 2.75) is 33.6 Å². The summed E-state index contributed by atoms with van der Waals surface area (Å²) in [5.74, 6) is 0.618. The average Bonchev–Trinajstić information content (AvgIpc) is 3.17. The molecule has 33 heavy (non-hydrogen) atoms. The van der Waals surface area contributed by atoms with Gasteiger partial charge in [-0.2, -0.15) is 5.10 Å². The quantitative estimate of drug-likeness (QED) is 0.456. The molecule has 1 aliphatic rings. The highest BCUT2D eigenvalue weighted by Gasteiger charge is 2.19. The van der Waals surface area contributed by atoms with Gasteiger partial charge in [-0.1, -0.05) is 37.3 Å². The van der Waals surface area contributed by atoms with Crippen LogP contribution in [-0.4, -0.2) is 33.6 Å². The number of nitrogens with one attached hydrogen (secondary N) is 1. The Balaban J connectivity index is 1.37. The SMILES string of the molecule is Cc1nn2c(C)c(C(=O)Nc3ccc(N4CCC(C)CC4)cc3)cnc2c1-c1ccccc1. The van der Waals surface area contributed by atoms with Gasteiger partial charge in [0.05, 0.1) is 17.0 Å². The molecule has 0 unspecified atom stereocenters. The van der Waals surface area contributed by atoms with E-state index in [1.807, 2.05) is 44.2 Å². The van der Waals surface area contributed by atoms with E-state index in [0.717, 1.165) is 52.9 Å². The summed E-state index contributed by atoms with van der Waals surface area (Å²) in [5, 5.41) is 7.69. The number of nitrogens with zero attached hydrogens (tertiary/aromatic N) is 4. The molecule has 2 aromatic heterocycles. The van der Waals surface area contributed by atoms with E-state index >= 15 is 0 Å². The lowest BCUT2D eigenvalue weighted by Crippen LogP contribution is -2.32. The minimum Gasteiger partial charge on any atom is -0.372 e. The second-order valence-electron chi connectivity index (χ2n) is 8.99. The van der Waals surface area contributed by atoms with E-state index in [-0.39, 0.29) is 5.91 Å². The van der Waals surface area contributed by atoms with Crippen LogP contribution in [0.15, 0.2) is 60.8 Å². The van der Waals surface area contributed by atoms with Gasteiger partial charge >= 0.3 is 0 Å². The van der Waals surface area contributed by atoms with Gasteiger partial charge in [-0.3, -0.25) is 4.79 Å². The van der Waals surface area contributed by atoms with Crippen LogP contribution in [0.4, 0.5) is 11.4 Å². The maximum atomic E-state index is 13.1. The second kappa shape index (κ2) is 8.70. The van der Waals surface area contributed by atoms with Gasteiger partial charge in [0.15, 0.2) is 5.65 Å². The number of hydrogen-bond donors (Lipinski definition) is 1. The summed E-state index contributed by atoms with van der Waals surface area (Å²) in [5.41, 5.74) is 6.96. The summed E-state index contributed by atoms with van der Waals surface area (Å²) in [7, 11) is 0. The van der Waals surface area contributed by atoms with E-state index in [1.165, 1.54) is 18.5 Å². The first-order valence-electron chi connectivity index (χ1n) is 11.6. The number of benzene rings is 2. The molecule has 6 heteroatoms. The zero-order chi connectivity index (χ0) is 22.9. The molecule has 1 fully saturated rings. The molecule has 0 bridgehead atoms. The molecule has 2 aromatic carbocycles. The highest BCUT2D eigenvalue weighted by molar-refractivity contribution is 6.05. The van der Waals surface area contributed by atoms with Gasteiger partial charge in [0.2, 0.25) is 0 Å². The first kappa shape index (κ1) is 21.2. The Kier molecular flexibility index (Phi) is 5.58. The normalized spacial score (nSPS) is 14.6. The summed E-state index contributed by atoms with van der Waals surface area (Å²) < 4.78 is 1.77. The number of piperidine rings is 1. The Morgan fingerprint density at radius 1 is 1.00 bits per heavy atom. The van der Waals surface area contributed by atoms with E-state index in [1.54, 1.807) is 10.7 Å². The molecule has 1 aliphatic heterocycles. The van der Waals surface area contributed by atoms with Crippen LogP contribution in [-0.2, 0) is 0 Å². The molecule has 0 radical (unpaired) electrons. The van der Waals surface area contributed by atoms with Crippen molar-refractivity contribution >= 4 is 22.9 Å². The van der Waals surface area contributed by atoms with E-state index in [9.17, 15) is 4.79 Å². The molecular weight excluding hydrogens is 410 g/mol. The van der Waals surface area contributed by atoms with E-state index < -0.39 is 0 Å². The molecule has 0 saturated carbocycles. The fourth-order valence-corrected chi connectivity index (χ4v) is 4.59. The van der Waals surface area contributed by atoms with Crippen molar-refractivity contribution < 1.29 is 4.79 Å². The first-order chi connectivity index (χ1) is 16.0. The molecule has 1 amide bonds. The van der Waals surface area contributed by atoms with Crippen LogP contribution in [0.5, 0.6) is 0 Å². The molecule has 1 N–H and O–H groups in total. The van der Waals surface area contributed by atoms with Gasteiger partial charge < -0.3 is 10.2 Å². The molecule has 1 saturated heterocycles. The molecule has 6 nitrogen and oxygen atoms in total. The smallest absolute Gasteiger partial charge is 0.259 e. The van der Waals surface area contributed by atoms with Crippen molar-refractivity contribution in [3.63, 3.8) is 0 Å². The highest BCUT2D eigenvalue weighted by Crippen LogP contribution is 2.28. The van der Waals surface area contributed by atoms with Gasteiger partial charge in [0, 0.05) is 36.2 Å². The van der Waals surface area contributed by atoms with Crippen LogP contribution in [0.2, 0.25) is 0 Å². The zero-order valence-corrected chi connectivity index (χ0v) is 19.4. The zero-order valence-electron chi connectivity index (χ0n) is 19.4. The fourth-order valence-electron chi connectivity index (χ4n) is 4.59. The Bertz CT molecular complexity index is 1290. The second-order valence-corrected chi connectivity index (χ2v) is 8.99. The van der Waals surface area contributed by atoms with E-state index in [2.05, 4.69) is 51.5 Å². The number of carbonyl (C=O) groups is 1. The summed E-state index contributed by atoms with van der Waals surface area (Å²) in [6.45, 7) is 8.38. The summed E-state index contributed by atoms with van der Waals surface area (Å²) in [6.07, 6.45) is 4.11. The Labute approximate surface area is 194 Å². The summed E-state index contributed by atoms with van der Waals surface area (Å²) in [6, 6.07) is 18.2. The predicted octanol–water partition coefficient (Wildman–Crippen LogP) is 5.50. The van der Waals surface area contributed by atoms with Crippen molar-refractivity contribution in [1.82, 2.24) is 14.6 Å². The third-order valence-corrected chi connectivity index (χ3v) is 6.64. The third-order valence-electron chi connectivity index (χ3n) is 6.64.